The summed E-state index contributed by atoms with van der Waals surface area (Å²) in [5, 5.41) is 11.5. The molecule has 168 valence electrons. The zero-order valence-electron chi connectivity index (χ0n) is 18.7. The normalized spacial score (nSPS) is 13.2. The number of hydrogen-bond donors (Lipinski definition) is 2. The van der Waals surface area contributed by atoms with Gasteiger partial charge in [-0.2, -0.15) is 5.10 Å². The van der Waals surface area contributed by atoms with Crippen molar-refractivity contribution in [2.45, 2.75) is 40.3 Å². The van der Waals surface area contributed by atoms with Crippen LogP contribution in [-0.4, -0.2) is 28.8 Å². The van der Waals surface area contributed by atoms with Gasteiger partial charge in [0.05, 0.1) is 13.2 Å². The van der Waals surface area contributed by atoms with E-state index in [0.29, 0.717) is 29.8 Å². The fraction of sp³-hybridized carbons (Fsp3) is 0.360. The molecule has 0 fully saturated rings. The Kier molecular flexibility index (Phi) is 6.82. The van der Waals surface area contributed by atoms with Gasteiger partial charge in [0.1, 0.15) is 5.75 Å². The molecule has 7 heteroatoms. The van der Waals surface area contributed by atoms with Crippen molar-refractivity contribution in [3.8, 4) is 5.75 Å². The van der Waals surface area contributed by atoms with Crippen molar-refractivity contribution in [2.75, 3.05) is 18.5 Å². The highest BCUT2D eigenvalue weighted by atomic mass is 35.5. The van der Waals surface area contributed by atoms with Crippen LogP contribution in [0.25, 0.3) is 0 Å². The summed E-state index contributed by atoms with van der Waals surface area (Å²) < 4.78 is 7.77. The Bertz CT molecular complexity index is 1120. The highest BCUT2D eigenvalue weighted by Gasteiger charge is 2.16. The van der Waals surface area contributed by atoms with Gasteiger partial charge in [0, 0.05) is 28.5 Å². The second-order valence-electron chi connectivity index (χ2n) is 8.65. The third-order valence-electron chi connectivity index (χ3n) is 5.48. The molecule has 1 aliphatic rings. The van der Waals surface area contributed by atoms with E-state index in [1.54, 1.807) is 10.7 Å². The molecule has 0 unspecified atom stereocenters. The second kappa shape index (κ2) is 9.76. The third kappa shape index (κ3) is 5.31. The largest absolute Gasteiger partial charge is 0.493 e. The lowest BCUT2D eigenvalue weighted by Gasteiger charge is -2.17. The van der Waals surface area contributed by atoms with Crippen molar-refractivity contribution in [1.82, 2.24) is 15.1 Å². The molecule has 0 atom stereocenters. The molecule has 0 aliphatic carbocycles. The third-order valence-corrected chi connectivity index (χ3v) is 5.71. The summed E-state index contributed by atoms with van der Waals surface area (Å²) in [6.45, 7) is 9.08. The predicted octanol–water partition coefficient (Wildman–Crippen LogP) is 4.83. The van der Waals surface area contributed by atoms with Crippen LogP contribution in [0.15, 0.2) is 42.5 Å². The number of amides is 1. The van der Waals surface area contributed by atoms with Crippen LogP contribution < -0.4 is 15.4 Å². The van der Waals surface area contributed by atoms with E-state index in [4.69, 9.17) is 16.3 Å². The van der Waals surface area contributed by atoms with Crippen LogP contribution in [-0.2, 0) is 19.5 Å². The van der Waals surface area contributed by atoms with Gasteiger partial charge in [0.25, 0.3) is 5.91 Å². The Morgan fingerprint density at radius 2 is 2.06 bits per heavy atom. The van der Waals surface area contributed by atoms with Gasteiger partial charge >= 0.3 is 0 Å². The number of rotatable bonds is 7. The van der Waals surface area contributed by atoms with Crippen LogP contribution in [0.4, 0.5) is 5.69 Å². The van der Waals surface area contributed by atoms with Crippen LogP contribution in [0.1, 0.15) is 46.7 Å². The van der Waals surface area contributed by atoms with E-state index in [2.05, 4.69) is 41.7 Å². The molecule has 0 radical (unpaired) electrons. The van der Waals surface area contributed by atoms with Gasteiger partial charge in [0.2, 0.25) is 0 Å². The molecule has 2 aromatic carbocycles. The van der Waals surface area contributed by atoms with Crippen LogP contribution >= 0.6 is 11.6 Å². The lowest BCUT2D eigenvalue weighted by atomic mass is 10.0. The molecular weight excluding hydrogens is 424 g/mol. The summed E-state index contributed by atoms with van der Waals surface area (Å²) >= 11 is 6.23. The number of aromatic nitrogens is 2. The van der Waals surface area contributed by atoms with Crippen molar-refractivity contribution in [3.05, 3.63) is 75.6 Å². The van der Waals surface area contributed by atoms with Crippen LogP contribution in [0, 0.1) is 12.8 Å². The molecule has 1 amide bonds. The molecule has 0 bridgehead atoms. The van der Waals surface area contributed by atoms with Crippen molar-refractivity contribution in [2.24, 2.45) is 5.92 Å². The zero-order chi connectivity index (χ0) is 22.7. The number of carbonyl (C=O) groups excluding carboxylic acids is 1. The molecule has 6 nitrogen and oxygen atoms in total. The Labute approximate surface area is 193 Å². The fourth-order valence-electron chi connectivity index (χ4n) is 3.76. The summed E-state index contributed by atoms with van der Waals surface area (Å²) in [7, 11) is 0. The molecule has 2 heterocycles. The quantitative estimate of drug-likeness (QED) is 0.539. The number of ether oxygens (including phenoxy) is 1. The first-order valence-corrected chi connectivity index (χ1v) is 11.4. The van der Waals surface area contributed by atoms with E-state index in [1.807, 2.05) is 31.2 Å². The van der Waals surface area contributed by atoms with Crippen molar-refractivity contribution >= 4 is 23.2 Å². The topological polar surface area (TPSA) is 68.2 Å². The standard InChI is InChI=1S/C25H29ClN4O2/c1-16(2)15-32-24-7-5-21(26)11-20(24)14-30-17(3)10-23(29-30)25(31)28-22-6-4-19-13-27-9-8-18(19)12-22/h4-7,10-12,16,27H,8-9,13-15H2,1-3H3,(H,28,31). The molecule has 0 saturated carbocycles. The van der Waals surface area contributed by atoms with Gasteiger partial charge in [-0.25, -0.2) is 0 Å². The molecule has 2 N–H and O–H groups in total. The number of nitrogens with one attached hydrogen (secondary N) is 2. The molecule has 3 aromatic rings. The number of fused-ring (bicyclic) bond motifs is 1. The van der Waals surface area contributed by atoms with Crippen molar-refractivity contribution < 1.29 is 9.53 Å². The highest BCUT2D eigenvalue weighted by Crippen LogP contribution is 2.25. The number of carbonyl (C=O) groups is 1. The van der Waals surface area contributed by atoms with Gasteiger partial charge in [0.15, 0.2) is 5.69 Å². The number of hydrogen-bond acceptors (Lipinski definition) is 4. The number of aryl methyl sites for hydroxylation is 1. The lowest BCUT2D eigenvalue weighted by Crippen LogP contribution is -2.23. The van der Waals surface area contributed by atoms with Gasteiger partial charge in [-0.15, -0.1) is 0 Å². The Morgan fingerprint density at radius 3 is 2.88 bits per heavy atom. The predicted molar refractivity (Wildman–Crippen MR) is 128 cm³/mol. The Hall–Kier alpha value is -2.83. The van der Waals surface area contributed by atoms with Crippen molar-refractivity contribution in [3.63, 3.8) is 0 Å². The maximum Gasteiger partial charge on any atom is 0.276 e. The first-order chi connectivity index (χ1) is 15.4. The second-order valence-corrected chi connectivity index (χ2v) is 9.09. The number of benzene rings is 2. The van der Waals surface area contributed by atoms with Crippen LogP contribution in [0.3, 0.4) is 0 Å². The van der Waals surface area contributed by atoms with E-state index in [1.165, 1.54) is 11.1 Å². The lowest BCUT2D eigenvalue weighted by molar-refractivity contribution is 0.102. The fourth-order valence-corrected chi connectivity index (χ4v) is 3.96. The molecule has 0 saturated heterocycles. The monoisotopic (exact) mass is 452 g/mol. The van der Waals surface area contributed by atoms with Gasteiger partial charge in [-0.3, -0.25) is 9.48 Å². The minimum Gasteiger partial charge on any atom is -0.493 e. The maximum absolute atomic E-state index is 12.9. The van der Waals surface area contributed by atoms with Gasteiger partial charge in [-0.05, 0) is 73.3 Å². The molecule has 1 aliphatic heterocycles. The number of halogens is 1. The number of nitrogens with zero attached hydrogens (tertiary/aromatic N) is 2. The van der Waals surface area contributed by atoms with E-state index >= 15 is 0 Å². The molecular formula is C25H29ClN4O2. The number of anilines is 1. The smallest absolute Gasteiger partial charge is 0.276 e. The van der Waals surface area contributed by atoms with E-state index < -0.39 is 0 Å². The van der Waals surface area contributed by atoms with Gasteiger partial charge in [-0.1, -0.05) is 31.5 Å². The minimum atomic E-state index is -0.219. The Balaban J connectivity index is 1.50. The summed E-state index contributed by atoms with van der Waals surface area (Å²) in [6, 6.07) is 13.5. The van der Waals surface area contributed by atoms with Crippen LogP contribution in [0.2, 0.25) is 5.02 Å². The van der Waals surface area contributed by atoms with E-state index in [0.717, 1.165) is 42.2 Å². The molecule has 0 spiro atoms. The molecule has 1 aromatic heterocycles. The van der Waals surface area contributed by atoms with E-state index in [9.17, 15) is 4.79 Å². The average molecular weight is 453 g/mol. The summed E-state index contributed by atoms with van der Waals surface area (Å²) in [5.41, 5.74) is 5.56. The summed E-state index contributed by atoms with van der Waals surface area (Å²) in [5.74, 6) is 0.982. The minimum absolute atomic E-state index is 0.219. The maximum atomic E-state index is 12.9. The molecule has 4 rings (SSSR count). The molecule has 32 heavy (non-hydrogen) atoms. The van der Waals surface area contributed by atoms with E-state index in [-0.39, 0.29) is 5.91 Å². The first kappa shape index (κ1) is 22.4. The average Bonchev–Trinajstić information content (AvgIpc) is 3.13. The Morgan fingerprint density at radius 1 is 1.22 bits per heavy atom. The SMILES string of the molecule is Cc1cc(C(=O)Nc2ccc3c(c2)CCNC3)nn1Cc1cc(Cl)ccc1OCC(C)C. The first-order valence-electron chi connectivity index (χ1n) is 11.0. The zero-order valence-corrected chi connectivity index (χ0v) is 19.5. The van der Waals surface area contributed by atoms with Gasteiger partial charge < -0.3 is 15.4 Å². The summed E-state index contributed by atoms with van der Waals surface area (Å²) in [6.07, 6.45) is 0.966. The van der Waals surface area contributed by atoms with Crippen LogP contribution in [0.5, 0.6) is 5.75 Å². The summed E-state index contributed by atoms with van der Waals surface area (Å²) in [4.78, 5) is 12.9. The highest BCUT2D eigenvalue weighted by molar-refractivity contribution is 6.30. The van der Waals surface area contributed by atoms with Crippen molar-refractivity contribution in [1.29, 1.82) is 0 Å².